The molecule has 0 aliphatic rings. The van der Waals surface area contributed by atoms with Crippen molar-refractivity contribution in [1.82, 2.24) is 10.3 Å². The smallest absolute Gasteiger partial charge is 0.337 e. The first-order valence-corrected chi connectivity index (χ1v) is 8.27. The van der Waals surface area contributed by atoms with Gasteiger partial charge in [-0.2, -0.15) is 0 Å². The summed E-state index contributed by atoms with van der Waals surface area (Å²) in [5, 5.41) is 5.40. The molecule has 2 amide bonds. The monoisotopic (exact) mass is 371 g/mol. The fourth-order valence-corrected chi connectivity index (χ4v) is 2.25. The number of ether oxygens (including phenoxy) is 2. The van der Waals surface area contributed by atoms with Gasteiger partial charge in [-0.15, -0.1) is 0 Å². The van der Waals surface area contributed by atoms with E-state index in [4.69, 9.17) is 4.74 Å². The molecule has 2 aromatic rings. The Morgan fingerprint density at radius 1 is 1.00 bits per heavy atom. The average molecular weight is 371 g/mol. The maximum absolute atomic E-state index is 12.4. The van der Waals surface area contributed by atoms with Gasteiger partial charge in [0.1, 0.15) is 0 Å². The number of nitrogens with one attached hydrogen (secondary N) is 2. The van der Waals surface area contributed by atoms with Crippen LogP contribution in [0.4, 0.5) is 5.69 Å². The molecule has 0 saturated carbocycles. The van der Waals surface area contributed by atoms with Crippen LogP contribution in [0.15, 0.2) is 42.7 Å². The largest absolute Gasteiger partial charge is 0.465 e. The number of nitrogens with zero attached hydrogens (tertiary/aromatic N) is 1. The third-order valence-electron chi connectivity index (χ3n) is 3.61. The van der Waals surface area contributed by atoms with E-state index in [2.05, 4.69) is 20.4 Å². The lowest BCUT2D eigenvalue weighted by Gasteiger charge is -2.08. The van der Waals surface area contributed by atoms with Crippen LogP contribution >= 0.6 is 0 Å². The topological polar surface area (TPSA) is 107 Å². The first-order chi connectivity index (χ1) is 13.0. The molecule has 1 aromatic heterocycles. The first kappa shape index (κ1) is 20.1. The lowest BCUT2D eigenvalue weighted by Crippen LogP contribution is -2.25. The molecule has 0 aliphatic heterocycles. The van der Waals surface area contributed by atoms with Gasteiger partial charge in [-0.05, 0) is 30.7 Å². The van der Waals surface area contributed by atoms with Crippen molar-refractivity contribution in [2.75, 3.05) is 32.7 Å². The van der Waals surface area contributed by atoms with Gasteiger partial charge >= 0.3 is 5.97 Å². The number of benzene rings is 1. The molecule has 0 spiro atoms. The summed E-state index contributed by atoms with van der Waals surface area (Å²) in [6.07, 6.45) is 3.44. The molecule has 8 heteroatoms. The van der Waals surface area contributed by atoms with Crippen LogP contribution in [0.25, 0.3) is 0 Å². The summed E-state index contributed by atoms with van der Waals surface area (Å²) < 4.78 is 9.58. The van der Waals surface area contributed by atoms with E-state index in [1.165, 1.54) is 31.6 Å². The molecule has 0 bridgehead atoms. The second kappa shape index (κ2) is 10.0. The Kier molecular flexibility index (Phi) is 7.45. The minimum Gasteiger partial charge on any atom is -0.465 e. The van der Waals surface area contributed by atoms with Crippen molar-refractivity contribution in [3.05, 3.63) is 59.4 Å². The molecule has 1 aromatic carbocycles. The summed E-state index contributed by atoms with van der Waals surface area (Å²) in [6, 6.07) is 7.81. The molecule has 2 N–H and O–H groups in total. The van der Waals surface area contributed by atoms with Gasteiger partial charge in [-0.3, -0.25) is 14.6 Å². The lowest BCUT2D eigenvalue weighted by molar-refractivity contribution is 0.0600. The highest BCUT2D eigenvalue weighted by molar-refractivity contribution is 6.06. The van der Waals surface area contributed by atoms with Gasteiger partial charge in [0.05, 0.1) is 23.8 Å². The summed E-state index contributed by atoms with van der Waals surface area (Å²) in [7, 11) is 2.87. The molecule has 0 fully saturated rings. The van der Waals surface area contributed by atoms with E-state index < -0.39 is 11.9 Å². The van der Waals surface area contributed by atoms with E-state index in [9.17, 15) is 14.4 Å². The Hall–Kier alpha value is -3.26. The fraction of sp³-hybridized carbons (Fsp3) is 0.263. The quantitative estimate of drug-likeness (QED) is 0.542. The number of carbonyl (C=O) groups excluding carboxylic acids is 3. The molecular formula is C19H21N3O5. The minimum absolute atomic E-state index is 0.225. The molecule has 2 rings (SSSR count). The molecule has 0 radical (unpaired) electrons. The number of aromatic nitrogens is 1. The van der Waals surface area contributed by atoms with Crippen molar-refractivity contribution in [3.8, 4) is 0 Å². The second-order valence-electron chi connectivity index (χ2n) is 5.59. The molecule has 0 aliphatic carbocycles. The van der Waals surface area contributed by atoms with Crippen LogP contribution in [-0.4, -0.2) is 50.1 Å². The van der Waals surface area contributed by atoms with Crippen molar-refractivity contribution in [2.24, 2.45) is 0 Å². The summed E-state index contributed by atoms with van der Waals surface area (Å²) >= 11 is 0. The molecular weight excluding hydrogens is 350 g/mol. The number of hydrogen-bond acceptors (Lipinski definition) is 6. The highest BCUT2D eigenvalue weighted by Crippen LogP contribution is 2.13. The van der Waals surface area contributed by atoms with E-state index in [1.54, 1.807) is 25.3 Å². The average Bonchev–Trinajstić information content (AvgIpc) is 2.70. The Morgan fingerprint density at radius 3 is 2.44 bits per heavy atom. The molecule has 8 nitrogen and oxygen atoms in total. The van der Waals surface area contributed by atoms with Gasteiger partial charge in [0.15, 0.2) is 0 Å². The van der Waals surface area contributed by atoms with Crippen molar-refractivity contribution in [1.29, 1.82) is 0 Å². The van der Waals surface area contributed by atoms with E-state index in [0.717, 1.165) is 0 Å². The van der Waals surface area contributed by atoms with Crippen molar-refractivity contribution < 1.29 is 23.9 Å². The molecule has 0 unspecified atom stereocenters. The standard InChI is InChI=1S/C19H21N3O5/c1-26-8-4-7-21-17(23)14-9-15(12-20-11-14)18(24)22-16-6-3-5-13(10-16)19(25)27-2/h3,5-6,9-12H,4,7-8H2,1-2H3,(H,21,23)(H,22,24). The number of pyridine rings is 1. The van der Waals surface area contributed by atoms with E-state index in [0.29, 0.717) is 30.8 Å². The minimum atomic E-state index is -0.500. The van der Waals surface area contributed by atoms with Gasteiger partial charge in [0.25, 0.3) is 11.8 Å². The van der Waals surface area contributed by atoms with Gasteiger partial charge in [-0.25, -0.2) is 4.79 Å². The Bertz CT molecular complexity index is 822. The number of methoxy groups -OCH3 is 2. The van der Waals surface area contributed by atoms with E-state index >= 15 is 0 Å². The maximum atomic E-state index is 12.4. The summed E-state index contributed by atoms with van der Waals surface area (Å²) in [6.45, 7) is 1.01. The number of carbonyl (C=O) groups is 3. The van der Waals surface area contributed by atoms with Crippen LogP contribution < -0.4 is 10.6 Å². The SMILES string of the molecule is COCCCNC(=O)c1cncc(C(=O)Nc2cccc(C(=O)OC)c2)c1. The maximum Gasteiger partial charge on any atom is 0.337 e. The third-order valence-corrected chi connectivity index (χ3v) is 3.61. The van der Waals surface area contributed by atoms with Gasteiger partial charge < -0.3 is 20.1 Å². The van der Waals surface area contributed by atoms with Gasteiger partial charge in [0.2, 0.25) is 0 Å². The summed E-state index contributed by atoms with van der Waals surface area (Å²) in [4.78, 5) is 40.1. The lowest BCUT2D eigenvalue weighted by atomic mass is 10.1. The molecule has 142 valence electrons. The molecule has 0 atom stereocenters. The van der Waals surface area contributed by atoms with Crippen LogP contribution in [0, 0.1) is 0 Å². The zero-order chi connectivity index (χ0) is 19.6. The van der Waals surface area contributed by atoms with E-state index in [-0.39, 0.29) is 17.0 Å². The predicted molar refractivity (Wildman–Crippen MR) is 98.8 cm³/mol. The molecule has 0 saturated heterocycles. The van der Waals surface area contributed by atoms with Crippen LogP contribution in [0.2, 0.25) is 0 Å². The fourth-order valence-electron chi connectivity index (χ4n) is 2.25. The highest BCUT2D eigenvalue weighted by atomic mass is 16.5. The zero-order valence-electron chi connectivity index (χ0n) is 15.2. The van der Waals surface area contributed by atoms with Gasteiger partial charge in [-0.1, -0.05) is 6.07 Å². The van der Waals surface area contributed by atoms with Crippen molar-refractivity contribution >= 4 is 23.5 Å². The van der Waals surface area contributed by atoms with Crippen molar-refractivity contribution in [3.63, 3.8) is 0 Å². The van der Waals surface area contributed by atoms with Gasteiger partial charge in [0, 0.05) is 38.3 Å². The summed E-state index contributed by atoms with van der Waals surface area (Å²) in [5.74, 6) is -1.26. The van der Waals surface area contributed by atoms with Crippen LogP contribution in [0.3, 0.4) is 0 Å². The molecule has 1 heterocycles. The van der Waals surface area contributed by atoms with Crippen LogP contribution in [-0.2, 0) is 9.47 Å². The van der Waals surface area contributed by atoms with Crippen LogP contribution in [0.5, 0.6) is 0 Å². The predicted octanol–water partition coefficient (Wildman–Crippen LogP) is 1.89. The highest BCUT2D eigenvalue weighted by Gasteiger charge is 2.13. The van der Waals surface area contributed by atoms with Crippen LogP contribution in [0.1, 0.15) is 37.5 Å². The number of anilines is 1. The molecule has 27 heavy (non-hydrogen) atoms. The summed E-state index contributed by atoms with van der Waals surface area (Å²) in [5.41, 5.74) is 1.25. The first-order valence-electron chi connectivity index (χ1n) is 8.27. The second-order valence-corrected chi connectivity index (χ2v) is 5.59. The normalized spacial score (nSPS) is 10.1. The number of esters is 1. The Labute approximate surface area is 156 Å². The Morgan fingerprint density at radius 2 is 1.74 bits per heavy atom. The number of rotatable bonds is 8. The Balaban J connectivity index is 2.05. The number of hydrogen-bond donors (Lipinski definition) is 2. The zero-order valence-corrected chi connectivity index (χ0v) is 15.2. The number of amides is 2. The van der Waals surface area contributed by atoms with E-state index in [1.807, 2.05) is 0 Å². The third kappa shape index (κ3) is 5.89. The van der Waals surface area contributed by atoms with Crippen molar-refractivity contribution in [2.45, 2.75) is 6.42 Å².